The molecule has 0 saturated carbocycles. The number of aromatic nitrogens is 1. The number of nitrogens with one attached hydrogen (secondary N) is 1. The second-order valence-corrected chi connectivity index (χ2v) is 6.39. The van der Waals surface area contributed by atoms with E-state index in [4.69, 9.17) is 4.74 Å². The van der Waals surface area contributed by atoms with Crippen molar-refractivity contribution in [1.29, 1.82) is 0 Å². The third kappa shape index (κ3) is 5.02. The maximum atomic E-state index is 12.1. The fourth-order valence-electron chi connectivity index (χ4n) is 2.02. The Morgan fingerprint density at radius 1 is 1.41 bits per heavy atom. The van der Waals surface area contributed by atoms with Gasteiger partial charge in [0.25, 0.3) is 0 Å². The van der Waals surface area contributed by atoms with Crippen LogP contribution in [0, 0.1) is 6.92 Å². The Bertz CT molecular complexity index is 546. The highest BCUT2D eigenvalue weighted by Gasteiger charge is 2.24. The van der Waals surface area contributed by atoms with Crippen molar-refractivity contribution in [3.05, 3.63) is 29.6 Å². The van der Waals surface area contributed by atoms with Crippen molar-refractivity contribution in [3.63, 3.8) is 0 Å². The second-order valence-electron chi connectivity index (χ2n) is 6.39. The van der Waals surface area contributed by atoms with Crippen LogP contribution in [0.15, 0.2) is 23.3 Å². The van der Waals surface area contributed by atoms with Gasteiger partial charge in [0.2, 0.25) is 0 Å². The van der Waals surface area contributed by atoms with Gasteiger partial charge in [0.15, 0.2) is 0 Å². The molecule has 1 N–H and O–H groups in total. The number of aryl methyl sites for hydroxylation is 1. The number of nitrogens with zero attached hydrogens (tertiary/aromatic N) is 3. The SMILES string of the molecule is Cc1ccc(CNC2=NCCN(C(=O)OC(C)(C)C)C2)cn1. The quantitative estimate of drug-likeness (QED) is 0.909. The third-order valence-corrected chi connectivity index (χ3v) is 3.13. The average Bonchev–Trinajstić information content (AvgIpc) is 2.45. The zero-order valence-corrected chi connectivity index (χ0v) is 13.7. The number of aliphatic imine (C=N–C) groups is 1. The summed E-state index contributed by atoms with van der Waals surface area (Å²) in [6, 6.07) is 4.01. The van der Waals surface area contributed by atoms with Gasteiger partial charge in [-0.25, -0.2) is 4.79 Å². The van der Waals surface area contributed by atoms with Crippen molar-refractivity contribution in [2.24, 2.45) is 4.99 Å². The van der Waals surface area contributed by atoms with Crippen LogP contribution in [0.4, 0.5) is 4.79 Å². The summed E-state index contributed by atoms with van der Waals surface area (Å²) in [6.07, 6.45) is 1.55. The van der Waals surface area contributed by atoms with Gasteiger partial charge in [0.1, 0.15) is 11.4 Å². The average molecular weight is 304 g/mol. The van der Waals surface area contributed by atoms with E-state index in [1.165, 1.54) is 0 Å². The van der Waals surface area contributed by atoms with Gasteiger partial charge in [0, 0.05) is 25.0 Å². The van der Waals surface area contributed by atoms with Crippen molar-refractivity contribution in [2.75, 3.05) is 19.6 Å². The summed E-state index contributed by atoms with van der Waals surface area (Å²) in [5.74, 6) is 0.803. The number of carbonyl (C=O) groups is 1. The molecule has 120 valence electrons. The topological polar surface area (TPSA) is 66.8 Å². The summed E-state index contributed by atoms with van der Waals surface area (Å²) >= 11 is 0. The van der Waals surface area contributed by atoms with Crippen molar-refractivity contribution in [3.8, 4) is 0 Å². The minimum atomic E-state index is -0.479. The van der Waals surface area contributed by atoms with Crippen molar-refractivity contribution in [1.82, 2.24) is 15.2 Å². The summed E-state index contributed by atoms with van der Waals surface area (Å²) in [5.41, 5.74) is 1.60. The van der Waals surface area contributed by atoms with Crippen LogP contribution in [0.2, 0.25) is 0 Å². The van der Waals surface area contributed by atoms with Crippen LogP contribution in [0.25, 0.3) is 0 Å². The van der Waals surface area contributed by atoms with Crippen LogP contribution in [0.1, 0.15) is 32.0 Å². The maximum Gasteiger partial charge on any atom is 0.410 e. The number of hydrogen-bond acceptors (Lipinski definition) is 5. The molecule has 1 aliphatic heterocycles. The Morgan fingerprint density at radius 2 is 2.18 bits per heavy atom. The normalized spacial score (nSPS) is 15.3. The molecule has 22 heavy (non-hydrogen) atoms. The largest absolute Gasteiger partial charge is 0.444 e. The summed E-state index contributed by atoms with van der Waals surface area (Å²) in [4.78, 5) is 22.4. The molecule has 6 nitrogen and oxygen atoms in total. The molecule has 0 aromatic carbocycles. The van der Waals surface area contributed by atoms with E-state index < -0.39 is 5.60 Å². The Balaban J connectivity index is 1.86. The lowest BCUT2D eigenvalue weighted by molar-refractivity contribution is 0.0276. The van der Waals surface area contributed by atoms with E-state index in [0.717, 1.165) is 17.1 Å². The highest BCUT2D eigenvalue weighted by molar-refractivity contribution is 5.87. The van der Waals surface area contributed by atoms with Gasteiger partial charge >= 0.3 is 6.09 Å². The van der Waals surface area contributed by atoms with Crippen molar-refractivity contribution >= 4 is 11.9 Å². The van der Waals surface area contributed by atoms with E-state index in [0.29, 0.717) is 26.2 Å². The van der Waals surface area contributed by atoms with E-state index in [2.05, 4.69) is 15.3 Å². The highest BCUT2D eigenvalue weighted by atomic mass is 16.6. The van der Waals surface area contributed by atoms with E-state index >= 15 is 0 Å². The maximum absolute atomic E-state index is 12.1. The second kappa shape index (κ2) is 6.77. The zero-order chi connectivity index (χ0) is 16.2. The number of amides is 1. The minimum Gasteiger partial charge on any atom is -0.444 e. The summed E-state index contributed by atoms with van der Waals surface area (Å²) in [7, 11) is 0. The predicted molar refractivity (Wildman–Crippen MR) is 85.9 cm³/mol. The minimum absolute atomic E-state index is 0.293. The first-order chi connectivity index (χ1) is 10.3. The van der Waals surface area contributed by atoms with Crippen molar-refractivity contribution in [2.45, 2.75) is 39.8 Å². The molecule has 1 aromatic heterocycles. The number of pyridine rings is 1. The van der Waals surface area contributed by atoms with Gasteiger partial charge in [0.05, 0.1) is 13.1 Å². The number of hydrogen-bond donors (Lipinski definition) is 1. The van der Waals surface area contributed by atoms with E-state index in [1.807, 2.05) is 46.0 Å². The Morgan fingerprint density at radius 3 is 2.82 bits per heavy atom. The Labute approximate surface area is 131 Å². The van der Waals surface area contributed by atoms with Gasteiger partial charge in [-0.3, -0.25) is 14.9 Å². The molecule has 6 heteroatoms. The number of amidine groups is 1. The lowest BCUT2D eigenvalue weighted by Crippen LogP contribution is -2.47. The number of rotatable bonds is 2. The zero-order valence-electron chi connectivity index (χ0n) is 13.7. The van der Waals surface area contributed by atoms with Crippen LogP contribution in [0.5, 0.6) is 0 Å². The molecule has 0 bridgehead atoms. The summed E-state index contributed by atoms with van der Waals surface area (Å²) < 4.78 is 5.40. The molecule has 1 amide bonds. The lowest BCUT2D eigenvalue weighted by atomic mass is 10.2. The molecule has 0 fully saturated rings. The smallest absolute Gasteiger partial charge is 0.410 e. The summed E-state index contributed by atoms with van der Waals surface area (Å²) in [5, 5.41) is 3.27. The van der Waals surface area contributed by atoms with Gasteiger partial charge in [-0.05, 0) is 39.3 Å². The predicted octanol–water partition coefficient (Wildman–Crippen LogP) is 2.13. The van der Waals surface area contributed by atoms with Gasteiger partial charge in [-0.2, -0.15) is 0 Å². The van der Waals surface area contributed by atoms with Crippen LogP contribution in [-0.4, -0.2) is 47.0 Å². The molecule has 0 atom stereocenters. The van der Waals surface area contributed by atoms with Crippen LogP contribution in [-0.2, 0) is 11.3 Å². The molecule has 1 aliphatic rings. The standard InChI is InChI=1S/C16H24N4O2/c1-12-5-6-13(9-18-12)10-19-14-11-20(8-7-17-14)15(21)22-16(2,3)4/h5-6,9H,7-8,10-11H2,1-4H3,(H,17,19). The third-order valence-electron chi connectivity index (χ3n) is 3.13. The van der Waals surface area contributed by atoms with Gasteiger partial charge < -0.3 is 10.1 Å². The fraction of sp³-hybridized carbons (Fsp3) is 0.562. The number of ether oxygens (including phenoxy) is 1. The Hall–Kier alpha value is -2.11. The molecular formula is C16H24N4O2. The monoisotopic (exact) mass is 304 g/mol. The van der Waals surface area contributed by atoms with Gasteiger partial charge in [-0.1, -0.05) is 6.07 Å². The van der Waals surface area contributed by atoms with Crippen LogP contribution < -0.4 is 5.32 Å². The van der Waals surface area contributed by atoms with E-state index in [1.54, 1.807) is 4.90 Å². The van der Waals surface area contributed by atoms with Crippen LogP contribution >= 0.6 is 0 Å². The van der Waals surface area contributed by atoms with Gasteiger partial charge in [-0.15, -0.1) is 0 Å². The molecule has 2 rings (SSSR count). The molecule has 0 unspecified atom stereocenters. The molecule has 0 saturated heterocycles. The molecule has 0 spiro atoms. The van der Waals surface area contributed by atoms with Crippen LogP contribution in [0.3, 0.4) is 0 Å². The molecule has 1 aromatic rings. The molecule has 0 aliphatic carbocycles. The van der Waals surface area contributed by atoms with Crippen molar-refractivity contribution < 1.29 is 9.53 Å². The highest BCUT2D eigenvalue weighted by Crippen LogP contribution is 2.11. The first-order valence-electron chi connectivity index (χ1n) is 7.50. The first kappa shape index (κ1) is 16.3. The number of carbonyl (C=O) groups excluding carboxylic acids is 1. The van der Waals surface area contributed by atoms with E-state index in [-0.39, 0.29) is 6.09 Å². The molecule has 2 heterocycles. The summed E-state index contributed by atoms with van der Waals surface area (Å²) in [6.45, 7) is 9.84. The molecule has 0 radical (unpaired) electrons. The van der Waals surface area contributed by atoms with E-state index in [9.17, 15) is 4.79 Å². The lowest BCUT2D eigenvalue weighted by Gasteiger charge is -2.29. The Kier molecular flexibility index (Phi) is 5.00. The molecular weight excluding hydrogens is 280 g/mol. The first-order valence-corrected chi connectivity index (χ1v) is 7.50. The fourth-order valence-corrected chi connectivity index (χ4v) is 2.02.